The lowest BCUT2D eigenvalue weighted by Gasteiger charge is -2.25. The number of rotatable bonds is 1. The Hall–Kier alpha value is -3.68. The van der Waals surface area contributed by atoms with E-state index in [4.69, 9.17) is 15.2 Å². The van der Waals surface area contributed by atoms with Gasteiger partial charge in [0.25, 0.3) is 5.91 Å². The van der Waals surface area contributed by atoms with Crippen molar-refractivity contribution in [2.24, 2.45) is 0 Å². The molecule has 0 radical (unpaired) electrons. The zero-order chi connectivity index (χ0) is 21.4. The van der Waals surface area contributed by atoms with Crippen LogP contribution in [-0.4, -0.2) is 34.9 Å². The van der Waals surface area contributed by atoms with Crippen LogP contribution in [0.2, 0.25) is 0 Å². The zero-order valence-electron chi connectivity index (χ0n) is 16.8. The summed E-state index contributed by atoms with van der Waals surface area (Å²) >= 11 is 0. The van der Waals surface area contributed by atoms with Crippen LogP contribution in [-0.2, 0) is 6.54 Å². The van der Waals surface area contributed by atoms with E-state index in [1.165, 1.54) is 25.3 Å². The van der Waals surface area contributed by atoms with Crippen LogP contribution in [0.1, 0.15) is 34.5 Å². The van der Waals surface area contributed by atoms with E-state index in [1.54, 1.807) is 37.3 Å². The summed E-state index contributed by atoms with van der Waals surface area (Å²) in [7, 11) is 3.22. The van der Waals surface area contributed by atoms with Crippen molar-refractivity contribution < 1.29 is 18.7 Å². The van der Waals surface area contributed by atoms with E-state index in [0.29, 0.717) is 40.4 Å². The molecule has 0 saturated heterocycles. The number of nitrogens with zero attached hydrogens (tertiary/aromatic N) is 3. The molecule has 0 fully saturated rings. The van der Waals surface area contributed by atoms with Crippen molar-refractivity contribution in [1.82, 2.24) is 14.9 Å². The molecule has 0 spiro atoms. The highest BCUT2D eigenvalue weighted by molar-refractivity contribution is 5.96. The van der Waals surface area contributed by atoms with Crippen molar-refractivity contribution in [1.29, 1.82) is 0 Å². The maximum atomic E-state index is 14.0. The normalized spacial score (nSPS) is 15.9. The molecule has 3 aromatic rings. The molecular weight excluding hydrogens is 387 g/mol. The average Bonchev–Trinajstić information content (AvgIpc) is 2.74. The monoisotopic (exact) mass is 408 g/mol. The number of methoxy groups -OCH3 is 1. The predicted octanol–water partition coefficient (Wildman–Crippen LogP) is 3.60. The molecule has 7 nitrogen and oxygen atoms in total. The van der Waals surface area contributed by atoms with Crippen LogP contribution in [0.25, 0.3) is 11.1 Å². The molecule has 30 heavy (non-hydrogen) atoms. The summed E-state index contributed by atoms with van der Waals surface area (Å²) in [5, 5.41) is 0. The number of nitrogens with two attached hydrogens (primary N) is 1. The number of hydrogen-bond donors (Lipinski definition) is 1. The van der Waals surface area contributed by atoms with E-state index in [-0.39, 0.29) is 11.7 Å². The Balaban J connectivity index is 1.97. The van der Waals surface area contributed by atoms with Crippen molar-refractivity contribution >= 4 is 11.7 Å². The average molecular weight is 408 g/mol. The molecule has 1 amide bonds. The fourth-order valence-corrected chi connectivity index (χ4v) is 3.61. The van der Waals surface area contributed by atoms with Crippen molar-refractivity contribution in [3.05, 3.63) is 65.2 Å². The molecule has 3 heterocycles. The maximum absolute atomic E-state index is 14.0. The number of fused-ring (bicyclic) bond motifs is 5. The lowest BCUT2D eigenvalue weighted by atomic mass is 9.99. The van der Waals surface area contributed by atoms with Crippen molar-refractivity contribution in [2.45, 2.75) is 19.6 Å². The molecule has 1 atom stereocenters. The van der Waals surface area contributed by atoms with E-state index >= 15 is 0 Å². The second-order valence-corrected chi connectivity index (χ2v) is 7.11. The first-order chi connectivity index (χ1) is 14.4. The van der Waals surface area contributed by atoms with Crippen molar-refractivity contribution in [3.8, 4) is 22.8 Å². The van der Waals surface area contributed by atoms with E-state index in [1.807, 2.05) is 6.07 Å². The quantitative estimate of drug-likeness (QED) is 0.662. The van der Waals surface area contributed by atoms with Crippen LogP contribution in [0, 0.1) is 5.82 Å². The number of aromatic nitrogens is 2. The number of hydrogen-bond acceptors (Lipinski definition) is 6. The van der Waals surface area contributed by atoms with Crippen molar-refractivity contribution in [2.75, 3.05) is 19.9 Å². The van der Waals surface area contributed by atoms with Crippen LogP contribution >= 0.6 is 0 Å². The topological polar surface area (TPSA) is 90.6 Å². The Kier molecular flexibility index (Phi) is 4.99. The fourth-order valence-electron chi connectivity index (χ4n) is 3.61. The van der Waals surface area contributed by atoms with Gasteiger partial charge in [-0.3, -0.25) is 4.79 Å². The Morgan fingerprint density at radius 2 is 2.07 bits per heavy atom. The largest absolute Gasteiger partial charge is 0.482 e. The highest BCUT2D eigenvalue weighted by Crippen LogP contribution is 2.37. The number of nitrogen functional groups attached to an aromatic ring is 1. The Bertz CT molecular complexity index is 1140. The number of carbonyl (C=O) groups is 1. The molecule has 0 aliphatic carbocycles. The number of pyridine rings is 2. The Morgan fingerprint density at radius 3 is 2.83 bits per heavy atom. The minimum absolute atomic E-state index is 0.188. The summed E-state index contributed by atoms with van der Waals surface area (Å²) in [5.74, 6) is 0.214. The molecule has 1 aliphatic heterocycles. The summed E-state index contributed by atoms with van der Waals surface area (Å²) in [4.78, 5) is 23.3. The minimum Gasteiger partial charge on any atom is -0.482 e. The van der Waals surface area contributed by atoms with Gasteiger partial charge in [0.05, 0.1) is 12.7 Å². The lowest BCUT2D eigenvalue weighted by Crippen LogP contribution is -2.28. The molecule has 2 aromatic heterocycles. The molecule has 1 unspecified atom stereocenters. The van der Waals surface area contributed by atoms with E-state index in [0.717, 1.165) is 5.56 Å². The summed E-state index contributed by atoms with van der Waals surface area (Å²) in [6.07, 6.45) is 2.59. The Labute approximate surface area is 173 Å². The van der Waals surface area contributed by atoms with Crippen LogP contribution in [0.4, 0.5) is 10.2 Å². The van der Waals surface area contributed by atoms with Gasteiger partial charge >= 0.3 is 0 Å². The molecular formula is C22H21FN4O3. The first-order valence-corrected chi connectivity index (χ1v) is 9.38. The van der Waals surface area contributed by atoms with Crippen LogP contribution < -0.4 is 15.2 Å². The van der Waals surface area contributed by atoms with Gasteiger partial charge in [-0.2, -0.15) is 0 Å². The number of benzene rings is 1. The van der Waals surface area contributed by atoms with E-state index < -0.39 is 11.9 Å². The van der Waals surface area contributed by atoms with E-state index in [9.17, 15) is 9.18 Å². The molecule has 1 aliphatic rings. The molecule has 154 valence electrons. The highest BCUT2D eigenvalue weighted by Gasteiger charge is 2.25. The third-order valence-electron chi connectivity index (χ3n) is 5.11. The number of anilines is 1. The zero-order valence-corrected chi connectivity index (χ0v) is 16.8. The van der Waals surface area contributed by atoms with Gasteiger partial charge in [-0.1, -0.05) is 0 Å². The van der Waals surface area contributed by atoms with Crippen LogP contribution in [0.5, 0.6) is 11.6 Å². The summed E-state index contributed by atoms with van der Waals surface area (Å²) in [6, 6.07) is 7.62. The molecule has 0 saturated carbocycles. The number of amides is 1. The van der Waals surface area contributed by atoms with Crippen molar-refractivity contribution in [3.63, 3.8) is 0 Å². The van der Waals surface area contributed by atoms with Gasteiger partial charge in [0.1, 0.15) is 11.9 Å². The van der Waals surface area contributed by atoms with Gasteiger partial charge in [0.2, 0.25) is 5.88 Å². The molecule has 2 N–H and O–H groups in total. The Morgan fingerprint density at radius 1 is 1.27 bits per heavy atom. The lowest BCUT2D eigenvalue weighted by molar-refractivity contribution is 0.0780. The maximum Gasteiger partial charge on any atom is 0.254 e. The minimum atomic E-state index is -0.637. The first kappa shape index (κ1) is 19.6. The summed E-state index contributed by atoms with van der Waals surface area (Å²) < 4.78 is 25.5. The number of halogens is 1. The highest BCUT2D eigenvalue weighted by atomic mass is 19.1. The third kappa shape index (κ3) is 3.41. The predicted molar refractivity (Wildman–Crippen MR) is 110 cm³/mol. The number of carbonyl (C=O) groups excluding carboxylic acids is 1. The smallest absolute Gasteiger partial charge is 0.254 e. The number of ether oxygens (including phenoxy) is 2. The second kappa shape index (κ2) is 7.62. The SMILES string of the molecule is COc1nccc2c1-c1cnc(N)c(c1)OC(C)c1cc(F)ccc1C(=O)N(C)C2. The van der Waals surface area contributed by atoms with Gasteiger partial charge < -0.3 is 20.1 Å². The second-order valence-electron chi connectivity index (χ2n) is 7.11. The summed E-state index contributed by atoms with van der Waals surface area (Å²) in [6.45, 7) is 2.03. The van der Waals surface area contributed by atoms with Gasteiger partial charge in [-0.15, -0.1) is 0 Å². The van der Waals surface area contributed by atoms with Gasteiger partial charge in [-0.25, -0.2) is 14.4 Å². The van der Waals surface area contributed by atoms with Gasteiger partial charge in [0.15, 0.2) is 11.6 Å². The molecule has 8 heteroatoms. The van der Waals surface area contributed by atoms with Gasteiger partial charge in [-0.05, 0) is 42.8 Å². The summed E-state index contributed by atoms with van der Waals surface area (Å²) in [5.41, 5.74) is 9.03. The third-order valence-corrected chi connectivity index (χ3v) is 5.11. The molecule has 1 aromatic carbocycles. The van der Waals surface area contributed by atoms with Gasteiger partial charge in [0, 0.05) is 42.7 Å². The fraction of sp³-hybridized carbons (Fsp3) is 0.227. The van der Waals surface area contributed by atoms with E-state index in [2.05, 4.69) is 9.97 Å². The van der Waals surface area contributed by atoms with Crippen LogP contribution in [0.3, 0.4) is 0 Å². The first-order valence-electron chi connectivity index (χ1n) is 9.38. The molecule has 2 bridgehead atoms. The van der Waals surface area contributed by atoms with Crippen LogP contribution in [0.15, 0.2) is 42.7 Å². The standard InChI is InChI=1S/C22H21FN4O3/c1-12-17-9-15(23)4-5-16(17)22(28)27(2)11-13-6-7-25-21(29-3)19(13)14-8-18(30-12)20(24)26-10-14/h4-10,12H,11H2,1-3H3,(H2,24,26). The molecule has 4 rings (SSSR count).